The summed E-state index contributed by atoms with van der Waals surface area (Å²) >= 11 is 0. The molecule has 0 aromatic heterocycles. The van der Waals surface area contributed by atoms with E-state index in [1.54, 1.807) is 20.3 Å². The Morgan fingerprint density at radius 1 is 0.676 bits per heavy atom. The highest BCUT2D eigenvalue weighted by atomic mass is 16.5. The molecule has 0 aliphatic carbocycles. The summed E-state index contributed by atoms with van der Waals surface area (Å²) in [7, 11) is 3.13. The smallest absolute Gasteiger partial charge is 0.256 e. The highest BCUT2D eigenvalue weighted by molar-refractivity contribution is 6.19. The number of ether oxygens (including phenoxy) is 2. The van der Waals surface area contributed by atoms with Crippen molar-refractivity contribution in [1.82, 2.24) is 0 Å². The van der Waals surface area contributed by atoms with Crippen LogP contribution in [0, 0.1) is 11.8 Å². The van der Waals surface area contributed by atoms with Crippen LogP contribution in [0.5, 0.6) is 11.5 Å². The van der Waals surface area contributed by atoms with Crippen LogP contribution in [0.4, 0.5) is 11.4 Å². The predicted octanol–water partition coefficient (Wildman–Crippen LogP) is 4.87. The monoisotopic (exact) mass is 496 g/mol. The molecular weight excluding hydrogens is 468 g/mol. The van der Waals surface area contributed by atoms with E-state index in [1.165, 1.54) is 10.0 Å². The number of hydrogen-bond acceptors (Lipinski definition) is 6. The van der Waals surface area contributed by atoms with Gasteiger partial charge in [-0.05, 0) is 55.8 Å². The average molecular weight is 497 g/mol. The number of amides is 2. The zero-order valence-corrected chi connectivity index (χ0v) is 21.2. The first-order valence-electron chi connectivity index (χ1n) is 12.0. The first-order chi connectivity index (χ1) is 17.9. The zero-order chi connectivity index (χ0) is 26.1. The number of para-hydroxylation sites is 2. The second kappa shape index (κ2) is 9.89. The molecule has 2 amide bonds. The molecule has 3 aromatic rings. The zero-order valence-electron chi connectivity index (χ0n) is 21.2. The van der Waals surface area contributed by atoms with Gasteiger partial charge >= 0.3 is 0 Å². The fraction of sp³-hybridized carbons (Fsp3) is 0.241. The SMILES string of the molecule is COc1ccc(C([C@@H]2C(=O)N(c3ccccc3)N=C2C)[C@@H]2C(=O)N(c3ccccc3)N=C2C)cc1OC. The summed E-state index contributed by atoms with van der Waals surface area (Å²) in [5.41, 5.74) is 3.38. The predicted molar refractivity (Wildman–Crippen MR) is 143 cm³/mol. The lowest BCUT2D eigenvalue weighted by molar-refractivity contribution is -0.122. The lowest BCUT2D eigenvalue weighted by Gasteiger charge is -2.29. The topological polar surface area (TPSA) is 83.8 Å². The van der Waals surface area contributed by atoms with Gasteiger partial charge in [0.15, 0.2) is 11.5 Å². The third-order valence-corrected chi connectivity index (χ3v) is 6.88. The minimum absolute atomic E-state index is 0.192. The van der Waals surface area contributed by atoms with Crippen LogP contribution in [0.3, 0.4) is 0 Å². The van der Waals surface area contributed by atoms with Crippen LogP contribution in [-0.4, -0.2) is 37.5 Å². The molecule has 5 rings (SSSR count). The molecule has 0 bridgehead atoms. The molecule has 0 fully saturated rings. The lowest BCUT2D eigenvalue weighted by atomic mass is 9.73. The Hall–Kier alpha value is -4.46. The standard InChI is InChI=1S/C29H28N4O4/c1-18-25(28(34)32(30-18)21-11-7-5-8-12-21)27(20-15-16-23(36-3)24(17-20)37-4)26-19(2)31-33(29(26)35)22-13-9-6-10-14-22/h5-17,25-27H,1-4H3/t25-,26-/m1/s1. The molecule has 0 saturated heterocycles. The van der Waals surface area contributed by atoms with Gasteiger partial charge < -0.3 is 9.47 Å². The fourth-order valence-corrected chi connectivity index (χ4v) is 5.13. The van der Waals surface area contributed by atoms with Gasteiger partial charge in [-0.2, -0.15) is 10.2 Å². The number of carbonyl (C=O) groups is 2. The van der Waals surface area contributed by atoms with Gasteiger partial charge in [-0.3, -0.25) is 9.59 Å². The van der Waals surface area contributed by atoms with Crippen LogP contribution in [0.25, 0.3) is 0 Å². The van der Waals surface area contributed by atoms with Crippen molar-refractivity contribution in [2.45, 2.75) is 19.8 Å². The number of rotatable bonds is 7. The van der Waals surface area contributed by atoms with Gasteiger partial charge in [0.1, 0.15) is 0 Å². The van der Waals surface area contributed by atoms with Crippen LogP contribution in [-0.2, 0) is 9.59 Å². The van der Waals surface area contributed by atoms with Crippen molar-refractivity contribution < 1.29 is 19.1 Å². The Balaban J connectivity index is 1.61. The van der Waals surface area contributed by atoms with Crippen LogP contribution in [0.1, 0.15) is 25.3 Å². The van der Waals surface area contributed by atoms with E-state index in [0.29, 0.717) is 34.3 Å². The van der Waals surface area contributed by atoms with E-state index < -0.39 is 17.8 Å². The first kappa shape index (κ1) is 24.2. The number of anilines is 2. The summed E-state index contributed by atoms with van der Waals surface area (Å²) in [6.07, 6.45) is 0. The summed E-state index contributed by atoms with van der Waals surface area (Å²) in [6, 6.07) is 24.1. The van der Waals surface area contributed by atoms with Crippen molar-refractivity contribution in [2.24, 2.45) is 22.0 Å². The molecular formula is C29H28N4O4. The molecule has 8 nitrogen and oxygen atoms in total. The molecule has 0 spiro atoms. The van der Waals surface area contributed by atoms with Crippen molar-refractivity contribution >= 4 is 34.6 Å². The van der Waals surface area contributed by atoms with Crippen molar-refractivity contribution in [3.8, 4) is 11.5 Å². The number of hydrazone groups is 2. The van der Waals surface area contributed by atoms with Crippen molar-refractivity contribution in [1.29, 1.82) is 0 Å². The van der Waals surface area contributed by atoms with Gasteiger partial charge in [0.2, 0.25) is 0 Å². The second-order valence-corrected chi connectivity index (χ2v) is 9.05. The largest absolute Gasteiger partial charge is 0.493 e. The number of benzene rings is 3. The fourth-order valence-electron chi connectivity index (χ4n) is 5.13. The molecule has 0 saturated carbocycles. The number of hydrogen-bond donors (Lipinski definition) is 0. The lowest BCUT2D eigenvalue weighted by Crippen LogP contribution is -2.40. The summed E-state index contributed by atoms with van der Waals surface area (Å²) < 4.78 is 11.0. The normalized spacial score (nSPS) is 19.4. The third-order valence-electron chi connectivity index (χ3n) is 6.88. The quantitative estimate of drug-likeness (QED) is 0.467. The first-order valence-corrected chi connectivity index (χ1v) is 12.0. The van der Waals surface area contributed by atoms with E-state index in [0.717, 1.165) is 5.56 Å². The molecule has 188 valence electrons. The van der Waals surface area contributed by atoms with E-state index in [9.17, 15) is 9.59 Å². The minimum Gasteiger partial charge on any atom is -0.493 e. The molecule has 3 aromatic carbocycles. The van der Waals surface area contributed by atoms with Crippen LogP contribution in [0.15, 0.2) is 89.1 Å². The van der Waals surface area contributed by atoms with E-state index in [-0.39, 0.29) is 11.8 Å². The summed E-state index contributed by atoms with van der Waals surface area (Å²) in [5, 5.41) is 12.1. The third kappa shape index (κ3) is 4.24. The van der Waals surface area contributed by atoms with Gasteiger partial charge in [-0.25, -0.2) is 10.0 Å². The molecule has 0 radical (unpaired) electrons. The summed E-state index contributed by atoms with van der Waals surface area (Å²) in [6.45, 7) is 3.67. The van der Waals surface area contributed by atoms with Crippen molar-refractivity contribution in [3.63, 3.8) is 0 Å². The molecule has 0 unspecified atom stereocenters. The molecule has 2 aliphatic heterocycles. The molecule has 2 aliphatic rings. The van der Waals surface area contributed by atoms with Crippen LogP contribution in [0.2, 0.25) is 0 Å². The van der Waals surface area contributed by atoms with Gasteiger partial charge in [0, 0.05) is 17.3 Å². The summed E-state index contributed by atoms with van der Waals surface area (Å²) in [4.78, 5) is 27.8. The Bertz CT molecular complexity index is 1310. The Labute approximate surface area is 215 Å². The second-order valence-electron chi connectivity index (χ2n) is 9.05. The maximum absolute atomic E-state index is 13.9. The van der Waals surface area contributed by atoms with E-state index >= 15 is 0 Å². The highest BCUT2D eigenvalue weighted by Crippen LogP contribution is 2.44. The van der Waals surface area contributed by atoms with Crippen LogP contribution < -0.4 is 19.5 Å². The van der Waals surface area contributed by atoms with E-state index in [2.05, 4.69) is 10.2 Å². The van der Waals surface area contributed by atoms with Gasteiger partial charge in [-0.1, -0.05) is 42.5 Å². The van der Waals surface area contributed by atoms with E-state index in [1.807, 2.05) is 86.6 Å². The molecule has 0 N–H and O–H groups in total. The number of methoxy groups -OCH3 is 2. The maximum Gasteiger partial charge on any atom is 0.256 e. The average Bonchev–Trinajstić information content (AvgIpc) is 3.39. The molecule has 2 heterocycles. The Morgan fingerprint density at radius 3 is 1.57 bits per heavy atom. The highest BCUT2D eigenvalue weighted by Gasteiger charge is 2.50. The number of nitrogens with zero attached hydrogens (tertiary/aromatic N) is 4. The maximum atomic E-state index is 13.9. The molecule has 8 heteroatoms. The van der Waals surface area contributed by atoms with Crippen molar-refractivity contribution in [3.05, 3.63) is 84.4 Å². The van der Waals surface area contributed by atoms with Gasteiger partial charge in [0.05, 0.1) is 37.4 Å². The van der Waals surface area contributed by atoms with Crippen molar-refractivity contribution in [2.75, 3.05) is 24.2 Å². The molecule has 37 heavy (non-hydrogen) atoms. The van der Waals surface area contributed by atoms with Gasteiger partial charge in [0.25, 0.3) is 11.8 Å². The Morgan fingerprint density at radius 2 is 1.14 bits per heavy atom. The minimum atomic E-state index is -0.673. The Kier molecular flexibility index (Phi) is 6.48. The molecule has 2 atom stereocenters. The summed E-state index contributed by atoms with van der Waals surface area (Å²) in [5.74, 6) is -1.21. The van der Waals surface area contributed by atoms with E-state index in [4.69, 9.17) is 9.47 Å². The van der Waals surface area contributed by atoms with Crippen LogP contribution >= 0.6 is 0 Å². The number of carbonyl (C=O) groups excluding carboxylic acids is 2. The van der Waals surface area contributed by atoms with Gasteiger partial charge in [-0.15, -0.1) is 0 Å².